The molecular formula is C6H5N3O2. The van der Waals surface area contributed by atoms with Gasteiger partial charge in [0.25, 0.3) is 0 Å². The maximum Gasteiger partial charge on any atom is 0.307 e. The summed E-state index contributed by atoms with van der Waals surface area (Å²) in [6, 6.07) is 0. The summed E-state index contributed by atoms with van der Waals surface area (Å²) in [4.78, 5) is 10.1. The summed E-state index contributed by atoms with van der Waals surface area (Å²) >= 11 is 0. The summed E-state index contributed by atoms with van der Waals surface area (Å²) in [5.74, 6) is -0.928. The molecule has 0 bridgehead atoms. The molecule has 0 saturated carbocycles. The Bertz CT molecular complexity index is 310. The van der Waals surface area contributed by atoms with Crippen LogP contribution in [0.25, 0.3) is 0 Å². The summed E-state index contributed by atoms with van der Waals surface area (Å²) in [7, 11) is 0. The van der Waals surface area contributed by atoms with E-state index in [-0.39, 0.29) is 6.42 Å². The molecule has 1 aromatic heterocycles. The van der Waals surface area contributed by atoms with Crippen LogP contribution >= 0.6 is 0 Å². The zero-order valence-corrected chi connectivity index (χ0v) is 5.56. The van der Waals surface area contributed by atoms with E-state index in [1.165, 1.54) is 12.4 Å². The molecule has 0 saturated heterocycles. The highest BCUT2D eigenvalue weighted by Gasteiger charge is 2.02. The zero-order chi connectivity index (χ0) is 8.27. The van der Waals surface area contributed by atoms with Crippen LogP contribution in [-0.2, 0) is 11.2 Å². The van der Waals surface area contributed by atoms with Gasteiger partial charge in [-0.15, -0.1) is 0 Å². The first kappa shape index (κ1) is 7.28. The number of hydrogen-bond donors (Lipinski definition) is 1. The molecule has 1 heterocycles. The van der Waals surface area contributed by atoms with Crippen molar-refractivity contribution in [3.05, 3.63) is 18.0 Å². The quantitative estimate of drug-likeness (QED) is 0.636. The fraction of sp³-hybridized carbons (Fsp3) is 0.167. The third kappa shape index (κ3) is 1.79. The minimum Gasteiger partial charge on any atom is -0.481 e. The molecule has 5 nitrogen and oxygen atoms in total. The van der Waals surface area contributed by atoms with Gasteiger partial charge in [0.2, 0.25) is 6.19 Å². The van der Waals surface area contributed by atoms with Crippen LogP contribution in [0.5, 0.6) is 0 Å². The number of carboxylic acids is 1. The summed E-state index contributed by atoms with van der Waals surface area (Å²) < 4.78 is 1.01. The van der Waals surface area contributed by atoms with Crippen molar-refractivity contribution in [1.29, 1.82) is 5.26 Å². The maximum absolute atomic E-state index is 10.1. The van der Waals surface area contributed by atoms with Crippen LogP contribution in [0.15, 0.2) is 12.4 Å². The van der Waals surface area contributed by atoms with Crippen LogP contribution in [0.4, 0.5) is 0 Å². The lowest BCUT2D eigenvalue weighted by molar-refractivity contribution is -0.136. The molecule has 0 aliphatic heterocycles. The van der Waals surface area contributed by atoms with E-state index in [0.29, 0.717) is 5.56 Å². The molecule has 0 spiro atoms. The second-order valence-electron chi connectivity index (χ2n) is 1.96. The lowest BCUT2D eigenvalue weighted by Crippen LogP contribution is -1.98. The van der Waals surface area contributed by atoms with Gasteiger partial charge in [-0.05, 0) is 0 Å². The van der Waals surface area contributed by atoms with E-state index in [1.807, 2.05) is 0 Å². The number of hydrogen-bond acceptors (Lipinski definition) is 3. The Morgan fingerprint density at radius 2 is 2.64 bits per heavy atom. The van der Waals surface area contributed by atoms with Crippen molar-refractivity contribution in [2.45, 2.75) is 6.42 Å². The molecule has 0 fully saturated rings. The number of nitrogens with zero attached hydrogens (tertiary/aromatic N) is 3. The second kappa shape index (κ2) is 2.84. The van der Waals surface area contributed by atoms with E-state index in [1.54, 1.807) is 6.19 Å². The lowest BCUT2D eigenvalue weighted by atomic mass is 10.3. The molecule has 1 N–H and O–H groups in total. The first-order valence-corrected chi connectivity index (χ1v) is 2.88. The van der Waals surface area contributed by atoms with Crippen LogP contribution in [0.2, 0.25) is 0 Å². The second-order valence-corrected chi connectivity index (χ2v) is 1.96. The van der Waals surface area contributed by atoms with E-state index in [9.17, 15) is 4.79 Å². The monoisotopic (exact) mass is 151 g/mol. The van der Waals surface area contributed by atoms with Crippen molar-refractivity contribution in [3.63, 3.8) is 0 Å². The lowest BCUT2D eigenvalue weighted by Gasteiger charge is -1.84. The Kier molecular flexibility index (Phi) is 1.88. The Hall–Kier alpha value is -1.83. The van der Waals surface area contributed by atoms with Crippen molar-refractivity contribution in [2.75, 3.05) is 0 Å². The minimum atomic E-state index is -0.928. The van der Waals surface area contributed by atoms with Crippen LogP contribution < -0.4 is 0 Å². The highest BCUT2D eigenvalue weighted by Crippen LogP contribution is 1.96. The van der Waals surface area contributed by atoms with Crippen molar-refractivity contribution >= 4 is 5.97 Å². The van der Waals surface area contributed by atoms with Crippen LogP contribution in [0.1, 0.15) is 5.56 Å². The normalized spacial score (nSPS) is 9.00. The predicted molar refractivity (Wildman–Crippen MR) is 34.6 cm³/mol. The van der Waals surface area contributed by atoms with E-state index >= 15 is 0 Å². The molecule has 56 valence electrons. The van der Waals surface area contributed by atoms with Gasteiger partial charge < -0.3 is 5.11 Å². The first-order valence-electron chi connectivity index (χ1n) is 2.88. The van der Waals surface area contributed by atoms with Crippen LogP contribution in [-0.4, -0.2) is 20.9 Å². The molecule has 0 atom stereocenters. The van der Waals surface area contributed by atoms with Crippen molar-refractivity contribution in [3.8, 4) is 6.19 Å². The van der Waals surface area contributed by atoms with Gasteiger partial charge in [-0.1, -0.05) is 0 Å². The maximum atomic E-state index is 10.1. The summed E-state index contributed by atoms with van der Waals surface area (Å²) in [6.07, 6.45) is 4.38. The average Bonchev–Trinajstić information content (AvgIpc) is 2.34. The number of carboxylic acid groups (broad SMARTS) is 1. The molecule has 0 aliphatic carbocycles. The van der Waals surface area contributed by atoms with Gasteiger partial charge in [0.15, 0.2) is 0 Å². The predicted octanol–water partition coefficient (Wildman–Crippen LogP) is -0.161. The van der Waals surface area contributed by atoms with Gasteiger partial charge >= 0.3 is 5.97 Å². The molecule has 1 aromatic rings. The molecule has 11 heavy (non-hydrogen) atoms. The smallest absolute Gasteiger partial charge is 0.307 e. The fourth-order valence-electron chi connectivity index (χ4n) is 0.681. The highest BCUT2D eigenvalue weighted by atomic mass is 16.4. The summed E-state index contributed by atoms with van der Waals surface area (Å²) in [5, 5.41) is 20.2. The zero-order valence-electron chi connectivity index (χ0n) is 5.56. The Morgan fingerprint density at radius 1 is 1.91 bits per heavy atom. The van der Waals surface area contributed by atoms with E-state index < -0.39 is 5.97 Å². The van der Waals surface area contributed by atoms with Gasteiger partial charge in [-0.25, -0.2) is 0 Å². The SMILES string of the molecule is N#Cn1cc(CC(=O)O)cn1. The van der Waals surface area contributed by atoms with Gasteiger partial charge in [0, 0.05) is 11.8 Å². The number of carbonyl (C=O) groups is 1. The molecule has 0 aromatic carbocycles. The molecule has 0 aliphatic rings. The Balaban J connectivity index is 2.75. The van der Waals surface area contributed by atoms with Crippen LogP contribution in [0, 0.1) is 11.5 Å². The molecule has 1 rings (SSSR count). The molecular weight excluding hydrogens is 146 g/mol. The van der Waals surface area contributed by atoms with Gasteiger partial charge in [-0.2, -0.15) is 15.0 Å². The molecule has 5 heteroatoms. The van der Waals surface area contributed by atoms with E-state index in [2.05, 4.69) is 5.10 Å². The van der Waals surface area contributed by atoms with Crippen molar-refractivity contribution < 1.29 is 9.90 Å². The fourth-order valence-corrected chi connectivity index (χ4v) is 0.681. The highest BCUT2D eigenvalue weighted by molar-refractivity contribution is 5.69. The minimum absolute atomic E-state index is 0.0956. The first-order chi connectivity index (χ1) is 5.22. The number of aliphatic carboxylic acids is 1. The van der Waals surface area contributed by atoms with E-state index in [4.69, 9.17) is 10.4 Å². The number of aromatic nitrogens is 2. The third-order valence-corrected chi connectivity index (χ3v) is 1.09. The van der Waals surface area contributed by atoms with E-state index in [0.717, 1.165) is 4.68 Å². The van der Waals surface area contributed by atoms with Gasteiger partial charge in [0.05, 0.1) is 12.6 Å². The standard InChI is InChI=1S/C6H5N3O2/c7-4-9-3-5(2-8-9)1-6(10)11/h2-3H,1H2,(H,10,11). The Morgan fingerprint density at radius 3 is 3.09 bits per heavy atom. The number of nitriles is 1. The van der Waals surface area contributed by atoms with Crippen molar-refractivity contribution in [1.82, 2.24) is 9.78 Å². The topological polar surface area (TPSA) is 78.9 Å². The molecule has 0 radical (unpaired) electrons. The summed E-state index contributed by atoms with van der Waals surface area (Å²) in [6.45, 7) is 0. The third-order valence-electron chi connectivity index (χ3n) is 1.09. The van der Waals surface area contributed by atoms with Gasteiger partial charge in [0.1, 0.15) is 0 Å². The van der Waals surface area contributed by atoms with Crippen molar-refractivity contribution in [2.24, 2.45) is 0 Å². The average molecular weight is 151 g/mol. The van der Waals surface area contributed by atoms with Crippen LogP contribution in [0.3, 0.4) is 0 Å². The largest absolute Gasteiger partial charge is 0.481 e. The molecule has 0 amide bonds. The number of rotatable bonds is 2. The van der Waals surface area contributed by atoms with Gasteiger partial charge in [-0.3, -0.25) is 4.79 Å². The Labute approximate surface area is 62.5 Å². The molecule has 0 unspecified atom stereocenters. The summed E-state index contributed by atoms with van der Waals surface area (Å²) in [5.41, 5.74) is 0.527.